The molecule has 0 spiro atoms. The molecule has 10 heteroatoms. The zero-order valence-electron chi connectivity index (χ0n) is 14.9. The zero-order chi connectivity index (χ0) is 20.5. The Morgan fingerprint density at radius 3 is 2.72 bits per heavy atom. The first-order chi connectivity index (χ1) is 13.9. The number of carbonyl (C=O) groups excluding carboxylic acids is 1. The lowest BCUT2D eigenvalue weighted by Gasteiger charge is -2.20. The minimum atomic E-state index is -0.532. The molecule has 0 radical (unpaired) electrons. The van der Waals surface area contributed by atoms with Gasteiger partial charge in [0.1, 0.15) is 0 Å². The van der Waals surface area contributed by atoms with Crippen molar-refractivity contribution in [2.45, 2.75) is 25.4 Å². The Kier molecular flexibility index (Phi) is 5.33. The summed E-state index contributed by atoms with van der Waals surface area (Å²) in [5.41, 5.74) is 0.684. The molecule has 0 N–H and O–H groups in total. The highest BCUT2D eigenvalue weighted by molar-refractivity contribution is 9.10. The van der Waals surface area contributed by atoms with Crippen molar-refractivity contribution in [3.05, 3.63) is 73.5 Å². The van der Waals surface area contributed by atoms with Crippen molar-refractivity contribution < 1.29 is 14.1 Å². The van der Waals surface area contributed by atoms with Gasteiger partial charge in [-0.1, -0.05) is 23.7 Å². The molecule has 0 aliphatic heterocycles. The standard InChI is InChI=1S/C19H14BrClN4O4/c20-14-8-5-11(9-16(14)25(27)28)19(26)24(12-6-7-12)10-17-22-23-18(29-17)13-3-1-2-4-15(13)21/h1-5,8-9,12H,6-7,10H2. The summed E-state index contributed by atoms with van der Waals surface area (Å²) in [6.07, 6.45) is 1.71. The van der Waals surface area contributed by atoms with E-state index in [0.717, 1.165) is 12.8 Å². The first-order valence-electron chi connectivity index (χ1n) is 8.76. The quantitative estimate of drug-likeness (QED) is 0.371. The average molecular weight is 478 g/mol. The van der Waals surface area contributed by atoms with E-state index < -0.39 is 4.92 Å². The normalized spacial score (nSPS) is 13.3. The summed E-state index contributed by atoms with van der Waals surface area (Å²) in [5, 5.41) is 19.7. The van der Waals surface area contributed by atoms with Gasteiger partial charge in [0, 0.05) is 17.7 Å². The molecule has 29 heavy (non-hydrogen) atoms. The molecule has 1 fully saturated rings. The zero-order valence-corrected chi connectivity index (χ0v) is 17.3. The number of nitro benzene ring substituents is 1. The Labute approximate surface area is 178 Å². The Morgan fingerprint density at radius 1 is 1.28 bits per heavy atom. The summed E-state index contributed by atoms with van der Waals surface area (Å²) in [4.78, 5) is 25.3. The lowest BCUT2D eigenvalue weighted by atomic mass is 10.1. The van der Waals surface area contributed by atoms with Crippen LogP contribution in [0.5, 0.6) is 0 Å². The van der Waals surface area contributed by atoms with Gasteiger partial charge in [-0.25, -0.2) is 0 Å². The molecule has 148 valence electrons. The fraction of sp³-hybridized carbons (Fsp3) is 0.211. The fourth-order valence-corrected chi connectivity index (χ4v) is 3.52. The van der Waals surface area contributed by atoms with Crippen LogP contribution in [0.4, 0.5) is 5.69 Å². The second kappa shape index (κ2) is 7.92. The van der Waals surface area contributed by atoms with E-state index in [4.69, 9.17) is 16.0 Å². The molecule has 0 atom stereocenters. The van der Waals surface area contributed by atoms with E-state index in [0.29, 0.717) is 15.1 Å². The topological polar surface area (TPSA) is 102 Å². The smallest absolute Gasteiger partial charge is 0.284 e. The number of nitro groups is 1. The van der Waals surface area contributed by atoms with Crippen LogP contribution in [0.25, 0.3) is 11.5 Å². The Balaban J connectivity index is 1.58. The summed E-state index contributed by atoms with van der Waals surface area (Å²) in [5.74, 6) is 0.223. The molecule has 0 bridgehead atoms. The maximum absolute atomic E-state index is 13.0. The second-order valence-electron chi connectivity index (χ2n) is 6.57. The Bertz CT molecular complexity index is 1100. The SMILES string of the molecule is O=C(c1ccc(Br)c([N+](=O)[O-])c1)N(Cc1nnc(-c2ccccc2Cl)o1)C1CC1. The van der Waals surface area contributed by atoms with Crippen LogP contribution < -0.4 is 0 Å². The van der Waals surface area contributed by atoms with E-state index in [2.05, 4.69) is 26.1 Å². The first kappa shape index (κ1) is 19.5. The van der Waals surface area contributed by atoms with E-state index in [9.17, 15) is 14.9 Å². The van der Waals surface area contributed by atoms with Crippen LogP contribution in [-0.4, -0.2) is 32.0 Å². The number of nitrogens with zero attached hydrogens (tertiary/aromatic N) is 4. The summed E-state index contributed by atoms with van der Waals surface area (Å²) in [7, 11) is 0. The minimum Gasteiger partial charge on any atom is -0.419 e. The van der Waals surface area contributed by atoms with E-state index in [1.54, 1.807) is 29.2 Å². The van der Waals surface area contributed by atoms with Crippen LogP contribution >= 0.6 is 27.5 Å². The van der Waals surface area contributed by atoms with Crippen molar-refractivity contribution in [2.24, 2.45) is 0 Å². The van der Waals surface area contributed by atoms with Crippen LogP contribution in [0.15, 0.2) is 51.4 Å². The van der Waals surface area contributed by atoms with Crippen molar-refractivity contribution in [3.63, 3.8) is 0 Å². The van der Waals surface area contributed by atoms with Crippen molar-refractivity contribution in [3.8, 4) is 11.5 Å². The van der Waals surface area contributed by atoms with E-state index in [1.807, 2.05) is 6.07 Å². The largest absolute Gasteiger partial charge is 0.419 e. The predicted octanol–water partition coefficient (Wildman–Crippen LogP) is 4.87. The Morgan fingerprint density at radius 2 is 2.03 bits per heavy atom. The lowest BCUT2D eigenvalue weighted by molar-refractivity contribution is -0.385. The molecule has 3 aromatic rings. The molecule has 1 saturated carbocycles. The molecular weight excluding hydrogens is 464 g/mol. The van der Waals surface area contributed by atoms with Gasteiger partial charge in [-0.2, -0.15) is 0 Å². The molecule has 1 heterocycles. The number of hydrogen-bond donors (Lipinski definition) is 0. The van der Waals surface area contributed by atoms with E-state index >= 15 is 0 Å². The van der Waals surface area contributed by atoms with Gasteiger partial charge in [0.2, 0.25) is 11.8 Å². The highest BCUT2D eigenvalue weighted by Gasteiger charge is 2.35. The molecule has 1 aliphatic carbocycles. The van der Waals surface area contributed by atoms with Gasteiger partial charge in [0.15, 0.2) is 0 Å². The summed E-state index contributed by atoms with van der Waals surface area (Å²) in [6.45, 7) is 0.116. The number of hydrogen-bond acceptors (Lipinski definition) is 6. The van der Waals surface area contributed by atoms with Crippen LogP contribution in [-0.2, 0) is 6.54 Å². The first-order valence-corrected chi connectivity index (χ1v) is 9.93. The Hall–Kier alpha value is -2.78. The molecule has 1 aliphatic rings. The molecule has 0 unspecified atom stereocenters. The number of aromatic nitrogens is 2. The molecule has 1 aromatic heterocycles. The number of halogens is 2. The molecule has 4 rings (SSSR count). The van der Waals surface area contributed by atoms with Crippen molar-refractivity contribution in [2.75, 3.05) is 0 Å². The number of amides is 1. The second-order valence-corrected chi connectivity index (χ2v) is 7.83. The summed E-state index contributed by atoms with van der Waals surface area (Å²) < 4.78 is 6.03. The maximum atomic E-state index is 13.0. The number of carbonyl (C=O) groups is 1. The summed E-state index contributed by atoms with van der Waals surface area (Å²) >= 11 is 9.30. The summed E-state index contributed by atoms with van der Waals surface area (Å²) in [6, 6.07) is 11.5. The highest BCUT2D eigenvalue weighted by Crippen LogP contribution is 2.32. The fourth-order valence-electron chi connectivity index (χ4n) is 2.91. The number of benzene rings is 2. The van der Waals surface area contributed by atoms with Gasteiger partial charge < -0.3 is 9.32 Å². The minimum absolute atomic E-state index is 0.0425. The molecule has 8 nitrogen and oxygen atoms in total. The molecule has 2 aromatic carbocycles. The van der Waals surface area contributed by atoms with Gasteiger partial charge >= 0.3 is 0 Å². The highest BCUT2D eigenvalue weighted by atomic mass is 79.9. The van der Waals surface area contributed by atoms with Crippen LogP contribution in [0.3, 0.4) is 0 Å². The molecular formula is C19H14BrClN4O4. The van der Waals surface area contributed by atoms with Crippen molar-refractivity contribution >= 4 is 39.1 Å². The van der Waals surface area contributed by atoms with Crippen LogP contribution in [0, 0.1) is 10.1 Å². The average Bonchev–Trinajstić information content (AvgIpc) is 3.44. The van der Waals surface area contributed by atoms with Gasteiger partial charge in [0.05, 0.1) is 26.5 Å². The van der Waals surface area contributed by atoms with Crippen LogP contribution in [0.1, 0.15) is 29.1 Å². The van der Waals surface area contributed by atoms with Crippen molar-refractivity contribution in [1.82, 2.24) is 15.1 Å². The maximum Gasteiger partial charge on any atom is 0.284 e. The van der Waals surface area contributed by atoms with Crippen LogP contribution in [0.2, 0.25) is 5.02 Å². The molecule has 0 saturated heterocycles. The van der Waals surface area contributed by atoms with E-state index in [1.165, 1.54) is 12.1 Å². The monoisotopic (exact) mass is 476 g/mol. The number of rotatable bonds is 6. The third kappa shape index (κ3) is 4.15. The predicted molar refractivity (Wildman–Crippen MR) is 108 cm³/mol. The molecule has 1 amide bonds. The van der Waals surface area contributed by atoms with Crippen molar-refractivity contribution in [1.29, 1.82) is 0 Å². The van der Waals surface area contributed by atoms with E-state index in [-0.39, 0.29) is 41.5 Å². The van der Waals surface area contributed by atoms with Gasteiger partial charge in [-0.3, -0.25) is 14.9 Å². The van der Waals surface area contributed by atoms with Gasteiger partial charge in [0.25, 0.3) is 11.6 Å². The third-order valence-corrected chi connectivity index (χ3v) is 5.52. The lowest BCUT2D eigenvalue weighted by Crippen LogP contribution is -2.32. The van der Waals surface area contributed by atoms with Gasteiger partial charge in [-0.15, -0.1) is 10.2 Å². The van der Waals surface area contributed by atoms with Gasteiger partial charge in [-0.05, 0) is 53.0 Å². The third-order valence-electron chi connectivity index (χ3n) is 4.52.